The SMILES string of the molecule is COc1c(Nc2ncc(Cl)c(Nc3ccccc3P(C)(C)=O)n2)cc(C)cc1N1CCC(OC)CC1. The number of hydrogen-bond donors (Lipinski definition) is 2. The third kappa shape index (κ3) is 5.94. The Balaban J connectivity index is 1.63. The monoisotopic (exact) mass is 529 g/mol. The van der Waals surface area contributed by atoms with Crippen LogP contribution in [0.25, 0.3) is 0 Å². The summed E-state index contributed by atoms with van der Waals surface area (Å²) < 4.78 is 24.2. The molecule has 2 heterocycles. The minimum absolute atomic E-state index is 0.294. The molecule has 2 N–H and O–H groups in total. The Kier molecular flexibility index (Phi) is 8.08. The highest BCUT2D eigenvalue weighted by Crippen LogP contribution is 2.41. The summed E-state index contributed by atoms with van der Waals surface area (Å²) in [5.74, 6) is 1.51. The molecule has 0 aliphatic carbocycles. The average Bonchev–Trinajstić information content (AvgIpc) is 2.85. The first kappa shape index (κ1) is 26.3. The zero-order valence-electron chi connectivity index (χ0n) is 21.3. The van der Waals surface area contributed by atoms with Gasteiger partial charge in [0.2, 0.25) is 5.95 Å². The van der Waals surface area contributed by atoms with Crippen LogP contribution in [0, 0.1) is 6.92 Å². The van der Waals surface area contributed by atoms with Gasteiger partial charge in [-0.15, -0.1) is 0 Å². The molecule has 8 nitrogen and oxygen atoms in total. The molecule has 3 aromatic rings. The maximum atomic E-state index is 12.8. The van der Waals surface area contributed by atoms with E-state index in [0.717, 1.165) is 53.9 Å². The molecule has 0 spiro atoms. The summed E-state index contributed by atoms with van der Waals surface area (Å²) in [5.41, 5.74) is 3.58. The molecular weight excluding hydrogens is 497 g/mol. The molecule has 10 heteroatoms. The summed E-state index contributed by atoms with van der Waals surface area (Å²) in [4.78, 5) is 11.3. The number of hydrogen-bond acceptors (Lipinski definition) is 8. The van der Waals surface area contributed by atoms with Crippen LogP contribution in [-0.2, 0) is 9.30 Å². The molecule has 2 aromatic carbocycles. The first-order valence-corrected chi connectivity index (χ1v) is 14.8. The predicted molar refractivity (Wildman–Crippen MR) is 149 cm³/mol. The van der Waals surface area contributed by atoms with Crippen molar-refractivity contribution in [2.75, 3.05) is 56.2 Å². The molecule has 1 aromatic heterocycles. The normalized spacial score (nSPS) is 14.6. The van der Waals surface area contributed by atoms with E-state index in [4.69, 9.17) is 21.1 Å². The summed E-state index contributed by atoms with van der Waals surface area (Å²) in [5, 5.41) is 7.64. The molecule has 1 aliphatic heterocycles. The third-order valence-electron chi connectivity index (χ3n) is 6.26. The van der Waals surface area contributed by atoms with E-state index in [-0.39, 0.29) is 0 Å². The van der Waals surface area contributed by atoms with Crippen LogP contribution in [0.5, 0.6) is 5.75 Å². The fraction of sp³-hybridized carbons (Fsp3) is 0.385. The van der Waals surface area contributed by atoms with Gasteiger partial charge in [-0.1, -0.05) is 23.7 Å². The van der Waals surface area contributed by atoms with Crippen LogP contribution in [0.15, 0.2) is 42.6 Å². The molecule has 0 bridgehead atoms. The lowest BCUT2D eigenvalue weighted by Gasteiger charge is -2.34. The Morgan fingerprint density at radius 3 is 2.47 bits per heavy atom. The van der Waals surface area contributed by atoms with Gasteiger partial charge in [-0.3, -0.25) is 0 Å². The minimum Gasteiger partial charge on any atom is -0.492 e. The van der Waals surface area contributed by atoms with E-state index in [0.29, 0.717) is 28.6 Å². The van der Waals surface area contributed by atoms with Crippen molar-refractivity contribution in [1.82, 2.24) is 9.97 Å². The fourth-order valence-corrected chi connectivity index (χ4v) is 5.73. The van der Waals surface area contributed by atoms with Crippen LogP contribution in [0.3, 0.4) is 0 Å². The highest BCUT2D eigenvalue weighted by Gasteiger charge is 2.23. The number of aromatic nitrogens is 2. The Morgan fingerprint density at radius 2 is 1.81 bits per heavy atom. The number of methoxy groups -OCH3 is 2. The van der Waals surface area contributed by atoms with Gasteiger partial charge < -0.3 is 29.6 Å². The van der Waals surface area contributed by atoms with Gasteiger partial charge in [0.05, 0.1) is 36.5 Å². The van der Waals surface area contributed by atoms with Crippen LogP contribution in [0.4, 0.5) is 28.8 Å². The lowest BCUT2D eigenvalue weighted by atomic mass is 10.1. The van der Waals surface area contributed by atoms with Gasteiger partial charge >= 0.3 is 0 Å². The van der Waals surface area contributed by atoms with Crippen molar-refractivity contribution < 1.29 is 14.0 Å². The van der Waals surface area contributed by atoms with E-state index in [2.05, 4.69) is 38.5 Å². The molecule has 0 saturated carbocycles. The van der Waals surface area contributed by atoms with Crippen molar-refractivity contribution >= 4 is 52.9 Å². The second-order valence-electron chi connectivity index (χ2n) is 9.30. The van der Waals surface area contributed by atoms with Crippen molar-refractivity contribution in [3.63, 3.8) is 0 Å². The number of ether oxygens (including phenoxy) is 2. The first-order valence-electron chi connectivity index (χ1n) is 11.9. The maximum absolute atomic E-state index is 12.8. The maximum Gasteiger partial charge on any atom is 0.229 e. The van der Waals surface area contributed by atoms with Crippen molar-refractivity contribution in [1.29, 1.82) is 0 Å². The molecule has 192 valence electrons. The number of piperidine rings is 1. The Hall–Kier alpha value is -2.80. The smallest absolute Gasteiger partial charge is 0.229 e. The van der Waals surface area contributed by atoms with Gasteiger partial charge in [-0.2, -0.15) is 4.98 Å². The molecule has 1 saturated heterocycles. The number of nitrogens with one attached hydrogen (secondary N) is 2. The van der Waals surface area contributed by atoms with E-state index < -0.39 is 7.14 Å². The number of nitrogens with zero attached hydrogens (tertiary/aromatic N) is 3. The van der Waals surface area contributed by atoms with Crippen LogP contribution in [-0.4, -0.2) is 56.7 Å². The zero-order chi connectivity index (χ0) is 25.9. The van der Waals surface area contributed by atoms with Crippen LogP contribution >= 0.6 is 18.7 Å². The zero-order valence-corrected chi connectivity index (χ0v) is 23.0. The lowest BCUT2D eigenvalue weighted by molar-refractivity contribution is 0.0818. The number of rotatable bonds is 8. The van der Waals surface area contributed by atoms with Gasteiger partial charge in [0.1, 0.15) is 12.2 Å². The highest BCUT2D eigenvalue weighted by molar-refractivity contribution is 7.70. The van der Waals surface area contributed by atoms with Gasteiger partial charge in [-0.25, -0.2) is 4.98 Å². The summed E-state index contributed by atoms with van der Waals surface area (Å²) >= 11 is 6.42. The van der Waals surface area contributed by atoms with Gasteiger partial charge in [0, 0.05) is 25.5 Å². The molecular formula is C26H33ClN5O3P. The van der Waals surface area contributed by atoms with E-state index in [1.165, 1.54) is 6.20 Å². The third-order valence-corrected chi connectivity index (χ3v) is 8.09. The second-order valence-corrected chi connectivity index (χ2v) is 12.9. The molecule has 0 unspecified atom stereocenters. The number of aryl methyl sites for hydroxylation is 1. The summed E-state index contributed by atoms with van der Waals surface area (Å²) in [6.07, 6.45) is 3.77. The van der Waals surface area contributed by atoms with E-state index in [1.54, 1.807) is 27.5 Å². The van der Waals surface area contributed by atoms with E-state index in [9.17, 15) is 4.57 Å². The summed E-state index contributed by atoms with van der Waals surface area (Å²) in [6, 6.07) is 11.6. The van der Waals surface area contributed by atoms with Gasteiger partial charge in [0.25, 0.3) is 0 Å². The summed E-state index contributed by atoms with van der Waals surface area (Å²) in [7, 11) is 0.929. The average molecular weight is 530 g/mol. The summed E-state index contributed by atoms with van der Waals surface area (Å²) in [6.45, 7) is 7.31. The number of benzene rings is 2. The molecule has 0 amide bonds. The van der Waals surface area contributed by atoms with Crippen LogP contribution in [0.2, 0.25) is 5.02 Å². The Morgan fingerprint density at radius 1 is 1.08 bits per heavy atom. The first-order chi connectivity index (χ1) is 17.2. The van der Waals surface area contributed by atoms with Crippen molar-refractivity contribution in [3.8, 4) is 5.75 Å². The van der Waals surface area contributed by atoms with E-state index in [1.807, 2.05) is 30.3 Å². The second kappa shape index (κ2) is 11.1. The number of para-hydroxylation sites is 1. The standard InChI is InChI=1S/C26H33ClN5O3P/c1-17-14-21(24(35-3)22(15-17)32-12-10-18(34-2)11-13-32)30-26-28-16-19(27)25(31-26)29-20-8-6-7-9-23(20)36(4,5)33/h6-9,14-16,18H,10-13H2,1-5H3,(H2,28,29,30,31). The minimum atomic E-state index is -2.51. The number of anilines is 5. The molecule has 4 rings (SSSR count). The van der Waals surface area contributed by atoms with Gasteiger partial charge in [-0.05, 0) is 62.9 Å². The Bertz CT molecular complexity index is 1270. The van der Waals surface area contributed by atoms with Crippen molar-refractivity contribution in [3.05, 3.63) is 53.2 Å². The largest absolute Gasteiger partial charge is 0.492 e. The molecule has 36 heavy (non-hydrogen) atoms. The predicted octanol–water partition coefficient (Wildman–Crippen LogP) is 5.80. The fourth-order valence-electron chi connectivity index (χ4n) is 4.44. The molecule has 1 fully saturated rings. The van der Waals surface area contributed by atoms with Crippen LogP contribution < -0.4 is 25.6 Å². The molecule has 0 atom stereocenters. The van der Waals surface area contributed by atoms with Gasteiger partial charge in [0.15, 0.2) is 11.6 Å². The van der Waals surface area contributed by atoms with Crippen molar-refractivity contribution in [2.24, 2.45) is 0 Å². The Labute approximate surface area is 217 Å². The number of halogens is 1. The quantitative estimate of drug-likeness (QED) is 0.354. The highest BCUT2D eigenvalue weighted by atomic mass is 35.5. The van der Waals surface area contributed by atoms with Crippen molar-refractivity contribution in [2.45, 2.75) is 25.9 Å². The topological polar surface area (TPSA) is 88.6 Å². The van der Waals surface area contributed by atoms with E-state index >= 15 is 0 Å². The molecule has 0 radical (unpaired) electrons. The lowest BCUT2D eigenvalue weighted by Crippen LogP contribution is -2.36. The van der Waals surface area contributed by atoms with Crippen LogP contribution in [0.1, 0.15) is 18.4 Å². The molecule has 1 aliphatic rings.